The summed E-state index contributed by atoms with van der Waals surface area (Å²) < 4.78 is 5.64. The molecule has 0 saturated carbocycles. The maximum absolute atomic E-state index is 5.80. The van der Waals surface area contributed by atoms with Crippen molar-refractivity contribution in [3.8, 4) is 11.6 Å². The molecular formula is C15H17ClN2O. The van der Waals surface area contributed by atoms with E-state index in [1.54, 1.807) is 6.07 Å². The van der Waals surface area contributed by atoms with Crippen LogP contribution in [0.1, 0.15) is 31.7 Å². The molecule has 1 atom stereocenters. The van der Waals surface area contributed by atoms with Gasteiger partial charge in [-0.15, -0.1) is 0 Å². The molecule has 1 aromatic heterocycles. The van der Waals surface area contributed by atoms with Gasteiger partial charge in [-0.25, -0.2) is 4.98 Å². The number of aromatic nitrogens is 1. The molecule has 2 rings (SSSR count). The lowest BCUT2D eigenvalue weighted by atomic mass is 9.99. The average Bonchev–Trinajstić information content (AvgIpc) is 2.42. The van der Waals surface area contributed by atoms with Crippen molar-refractivity contribution in [3.63, 3.8) is 0 Å². The first-order chi connectivity index (χ1) is 9.10. The number of ether oxygens (including phenoxy) is 1. The molecule has 1 unspecified atom stereocenters. The Hall–Kier alpha value is -1.74. The predicted molar refractivity (Wildman–Crippen MR) is 78.9 cm³/mol. The van der Waals surface area contributed by atoms with Crippen molar-refractivity contribution in [3.05, 3.63) is 47.1 Å². The first kappa shape index (κ1) is 13.7. The fourth-order valence-corrected chi connectivity index (χ4v) is 1.91. The molecule has 0 fully saturated rings. The van der Waals surface area contributed by atoms with Crippen molar-refractivity contribution in [1.29, 1.82) is 0 Å². The number of nitrogens with zero attached hydrogens (tertiary/aromatic N) is 1. The SMILES string of the molecule is CCC(C)c1ccc(Oc2ncc(Cl)cc2N)cc1. The van der Waals surface area contributed by atoms with Gasteiger partial charge < -0.3 is 10.5 Å². The number of nitrogen functional groups attached to an aromatic ring is 1. The lowest BCUT2D eigenvalue weighted by Crippen LogP contribution is -1.95. The second-order valence-corrected chi connectivity index (χ2v) is 4.96. The largest absolute Gasteiger partial charge is 0.437 e. The Morgan fingerprint density at radius 3 is 2.58 bits per heavy atom. The predicted octanol–water partition coefficient (Wildman–Crippen LogP) is 4.62. The minimum Gasteiger partial charge on any atom is -0.437 e. The third-order valence-corrected chi connectivity index (χ3v) is 3.33. The Morgan fingerprint density at radius 1 is 1.32 bits per heavy atom. The van der Waals surface area contributed by atoms with E-state index in [4.69, 9.17) is 22.1 Å². The zero-order valence-electron chi connectivity index (χ0n) is 11.1. The van der Waals surface area contributed by atoms with Gasteiger partial charge in [0.1, 0.15) is 5.75 Å². The smallest absolute Gasteiger partial charge is 0.242 e. The number of benzene rings is 1. The van der Waals surface area contributed by atoms with E-state index in [9.17, 15) is 0 Å². The molecule has 0 spiro atoms. The van der Waals surface area contributed by atoms with Crippen LogP contribution in [0, 0.1) is 0 Å². The second-order valence-electron chi connectivity index (χ2n) is 4.53. The van der Waals surface area contributed by atoms with Gasteiger partial charge in [0.25, 0.3) is 0 Å². The number of rotatable bonds is 4. The van der Waals surface area contributed by atoms with Crippen LogP contribution in [-0.4, -0.2) is 4.98 Å². The van der Waals surface area contributed by atoms with Crippen LogP contribution in [0.25, 0.3) is 0 Å². The zero-order valence-corrected chi connectivity index (χ0v) is 11.8. The Morgan fingerprint density at radius 2 is 2.00 bits per heavy atom. The maximum Gasteiger partial charge on any atom is 0.242 e. The molecule has 0 aliphatic heterocycles. The van der Waals surface area contributed by atoms with E-state index in [1.807, 2.05) is 12.1 Å². The van der Waals surface area contributed by atoms with Crippen molar-refractivity contribution < 1.29 is 4.74 Å². The van der Waals surface area contributed by atoms with E-state index in [0.29, 0.717) is 28.3 Å². The van der Waals surface area contributed by atoms with Crippen LogP contribution >= 0.6 is 11.6 Å². The first-order valence-electron chi connectivity index (χ1n) is 6.29. The first-order valence-corrected chi connectivity index (χ1v) is 6.66. The summed E-state index contributed by atoms with van der Waals surface area (Å²) in [6.45, 7) is 4.38. The van der Waals surface area contributed by atoms with Crippen molar-refractivity contribution in [2.45, 2.75) is 26.2 Å². The highest BCUT2D eigenvalue weighted by Crippen LogP contribution is 2.28. The Balaban J connectivity index is 2.15. The maximum atomic E-state index is 5.80. The topological polar surface area (TPSA) is 48.1 Å². The van der Waals surface area contributed by atoms with Gasteiger partial charge in [-0.1, -0.05) is 37.6 Å². The number of hydrogen-bond acceptors (Lipinski definition) is 3. The molecule has 0 aliphatic rings. The van der Waals surface area contributed by atoms with E-state index >= 15 is 0 Å². The molecule has 3 nitrogen and oxygen atoms in total. The van der Waals surface area contributed by atoms with Gasteiger partial charge in [-0.2, -0.15) is 0 Å². The van der Waals surface area contributed by atoms with Gasteiger partial charge in [0.2, 0.25) is 5.88 Å². The monoisotopic (exact) mass is 276 g/mol. The molecule has 2 aromatic rings. The number of halogens is 1. The summed E-state index contributed by atoms with van der Waals surface area (Å²) in [5, 5.41) is 0.497. The Kier molecular flexibility index (Phi) is 4.27. The van der Waals surface area contributed by atoms with Gasteiger partial charge >= 0.3 is 0 Å². The highest BCUT2D eigenvalue weighted by atomic mass is 35.5. The number of pyridine rings is 1. The van der Waals surface area contributed by atoms with Crippen LogP contribution in [-0.2, 0) is 0 Å². The Labute approximate surface area is 118 Å². The molecule has 100 valence electrons. The number of nitrogens with two attached hydrogens (primary N) is 1. The van der Waals surface area contributed by atoms with E-state index in [-0.39, 0.29) is 0 Å². The molecule has 0 aliphatic carbocycles. The van der Waals surface area contributed by atoms with Crippen molar-refractivity contribution in [2.24, 2.45) is 0 Å². The molecular weight excluding hydrogens is 260 g/mol. The van der Waals surface area contributed by atoms with Gasteiger partial charge in [0.05, 0.1) is 10.7 Å². The highest BCUT2D eigenvalue weighted by Gasteiger charge is 2.06. The van der Waals surface area contributed by atoms with Crippen LogP contribution in [0.5, 0.6) is 11.6 Å². The fourth-order valence-electron chi connectivity index (χ4n) is 1.74. The molecule has 2 N–H and O–H groups in total. The van der Waals surface area contributed by atoms with E-state index in [1.165, 1.54) is 11.8 Å². The number of hydrogen-bond donors (Lipinski definition) is 1. The zero-order chi connectivity index (χ0) is 13.8. The fraction of sp³-hybridized carbons (Fsp3) is 0.267. The quantitative estimate of drug-likeness (QED) is 0.886. The van der Waals surface area contributed by atoms with Crippen LogP contribution in [0.15, 0.2) is 36.5 Å². The van der Waals surface area contributed by atoms with E-state index in [2.05, 4.69) is 31.0 Å². The standard InChI is InChI=1S/C15H17ClN2O/c1-3-10(2)11-4-6-13(7-5-11)19-15-14(17)8-12(16)9-18-15/h4-10H,3,17H2,1-2H3. The number of anilines is 1. The summed E-state index contributed by atoms with van der Waals surface area (Å²) in [5.74, 6) is 1.64. The molecule has 0 amide bonds. The molecule has 19 heavy (non-hydrogen) atoms. The van der Waals surface area contributed by atoms with Crippen LogP contribution < -0.4 is 10.5 Å². The van der Waals surface area contributed by atoms with Crippen molar-refractivity contribution in [2.75, 3.05) is 5.73 Å². The van der Waals surface area contributed by atoms with Crippen LogP contribution in [0.2, 0.25) is 5.02 Å². The normalized spacial score (nSPS) is 12.2. The third-order valence-electron chi connectivity index (χ3n) is 3.12. The summed E-state index contributed by atoms with van der Waals surface area (Å²) in [6.07, 6.45) is 2.63. The summed E-state index contributed by atoms with van der Waals surface area (Å²) in [4.78, 5) is 4.07. The molecule has 0 radical (unpaired) electrons. The van der Waals surface area contributed by atoms with Crippen molar-refractivity contribution >= 4 is 17.3 Å². The Bertz CT molecular complexity index is 555. The summed E-state index contributed by atoms with van der Waals surface area (Å²) in [5.41, 5.74) is 7.52. The van der Waals surface area contributed by atoms with Crippen molar-refractivity contribution in [1.82, 2.24) is 4.98 Å². The lowest BCUT2D eigenvalue weighted by Gasteiger charge is -2.11. The van der Waals surface area contributed by atoms with Gasteiger partial charge in [-0.05, 0) is 36.1 Å². The summed E-state index contributed by atoms with van der Waals surface area (Å²) in [6, 6.07) is 9.61. The summed E-state index contributed by atoms with van der Waals surface area (Å²) in [7, 11) is 0. The van der Waals surface area contributed by atoms with E-state index in [0.717, 1.165) is 6.42 Å². The van der Waals surface area contributed by atoms with Gasteiger partial charge in [-0.3, -0.25) is 0 Å². The molecule has 4 heteroatoms. The average molecular weight is 277 g/mol. The minimum atomic E-state index is 0.376. The van der Waals surface area contributed by atoms with E-state index < -0.39 is 0 Å². The molecule has 1 heterocycles. The molecule has 0 saturated heterocycles. The van der Waals surface area contributed by atoms with Gasteiger partial charge in [0.15, 0.2) is 0 Å². The summed E-state index contributed by atoms with van der Waals surface area (Å²) >= 11 is 5.79. The lowest BCUT2D eigenvalue weighted by molar-refractivity contribution is 0.465. The van der Waals surface area contributed by atoms with Gasteiger partial charge in [0, 0.05) is 6.20 Å². The van der Waals surface area contributed by atoms with Crippen LogP contribution in [0.3, 0.4) is 0 Å². The third kappa shape index (κ3) is 3.38. The molecule has 0 bridgehead atoms. The molecule has 1 aromatic carbocycles. The highest BCUT2D eigenvalue weighted by molar-refractivity contribution is 6.30. The van der Waals surface area contributed by atoms with Crippen LogP contribution in [0.4, 0.5) is 5.69 Å². The second kappa shape index (κ2) is 5.93. The minimum absolute atomic E-state index is 0.376.